The summed E-state index contributed by atoms with van der Waals surface area (Å²) in [6, 6.07) is 12.8. The van der Waals surface area contributed by atoms with Crippen molar-refractivity contribution < 1.29 is 14.2 Å². The second-order valence-corrected chi connectivity index (χ2v) is 7.37. The summed E-state index contributed by atoms with van der Waals surface area (Å²) < 4.78 is 16.5. The summed E-state index contributed by atoms with van der Waals surface area (Å²) >= 11 is 0. The molecule has 0 aromatic heterocycles. The number of fused-ring (bicyclic) bond motifs is 2. The summed E-state index contributed by atoms with van der Waals surface area (Å²) in [5.74, 6) is 2.29. The summed E-state index contributed by atoms with van der Waals surface area (Å²) in [7, 11) is 5.02. The van der Waals surface area contributed by atoms with Crippen molar-refractivity contribution >= 4 is 6.08 Å². The normalized spacial score (nSPS) is 17.7. The van der Waals surface area contributed by atoms with Crippen LogP contribution < -0.4 is 14.2 Å². The Balaban J connectivity index is 1.50. The Morgan fingerprint density at radius 3 is 2.26 bits per heavy atom. The third-order valence-electron chi connectivity index (χ3n) is 6.01. The molecule has 27 heavy (non-hydrogen) atoms. The summed E-state index contributed by atoms with van der Waals surface area (Å²) in [5.41, 5.74) is 4.23. The van der Waals surface area contributed by atoms with E-state index in [1.54, 1.807) is 21.3 Å². The predicted molar refractivity (Wildman–Crippen MR) is 108 cm³/mol. The van der Waals surface area contributed by atoms with Gasteiger partial charge in [0.25, 0.3) is 0 Å². The zero-order valence-corrected chi connectivity index (χ0v) is 16.3. The summed E-state index contributed by atoms with van der Waals surface area (Å²) in [5, 5.41) is 0. The van der Waals surface area contributed by atoms with Gasteiger partial charge in [-0.05, 0) is 43.1 Å². The van der Waals surface area contributed by atoms with Crippen LogP contribution in [0.1, 0.15) is 29.5 Å². The van der Waals surface area contributed by atoms with Crippen LogP contribution >= 0.6 is 0 Å². The number of benzene rings is 2. The lowest BCUT2D eigenvalue weighted by molar-refractivity contribution is 0.175. The van der Waals surface area contributed by atoms with E-state index in [0.717, 1.165) is 49.5 Å². The van der Waals surface area contributed by atoms with Gasteiger partial charge in [0.15, 0.2) is 11.5 Å². The Morgan fingerprint density at radius 1 is 0.889 bits per heavy atom. The maximum Gasteiger partial charge on any atom is 0.164 e. The van der Waals surface area contributed by atoms with Crippen LogP contribution in [-0.2, 0) is 12.0 Å². The summed E-state index contributed by atoms with van der Waals surface area (Å²) in [6.07, 6.45) is 7.01. The van der Waals surface area contributed by atoms with E-state index >= 15 is 0 Å². The number of methoxy groups -OCH3 is 3. The van der Waals surface area contributed by atoms with Crippen LogP contribution in [-0.4, -0.2) is 39.3 Å². The van der Waals surface area contributed by atoms with Gasteiger partial charge in [0.2, 0.25) is 0 Å². The zero-order valence-electron chi connectivity index (χ0n) is 16.3. The van der Waals surface area contributed by atoms with Crippen molar-refractivity contribution in [2.45, 2.75) is 24.8 Å². The van der Waals surface area contributed by atoms with E-state index in [0.29, 0.717) is 5.75 Å². The summed E-state index contributed by atoms with van der Waals surface area (Å²) in [6.45, 7) is 2.98. The average Bonchev–Trinajstić information content (AvgIpc) is 3.08. The molecule has 0 saturated carbocycles. The molecule has 4 nitrogen and oxygen atoms in total. The Hall–Kier alpha value is -2.46. The highest BCUT2D eigenvalue weighted by molar-refractivity contribution is 5.65. The van der Waals surface area contributed by atoms with Gasteiger partial charge in [0.05, 0.1) is 21.3 Å². The standard InChI is InChI=1S/C23H27NO3/c1-25-20-15-22(27-3)21(26-2)14-18(20)16-24-12-10-23(11-13-24)9-8-17-6-4-5-7-19(17)23/h4-9,14-15H,10-13,16H2,1-3H3. The lowest BCUT2D eigenvalue weighted by atomic mass is 9.74. The van der Waals surface area contributed by atoms with E-state index in [2.05, 4.69) is 41.3 Å². The molecule has 0 bridgehead atoms. The molecule has 1 aliphatic carbocycles. The minimum Gasteiger partial charge on any atom is -0.496 e. The van der Waals surface area contributed by atoms with Gasteiger partial charge >= 0.3 is 0 Å². The summed E-state index contributed by atoms with van der Waals surface area (Å²) in [4.78, 5) is 2.50. The highest BCUT2D eigenvalue weighted by Gasteiger charge is 2.37. The molecule has 4 heteroatoms. The minimum atomic E-state index is 0.217. The van der Waals surface area contributed by atoms with Gasteiger partial charge in [-0.2, -0.15) is 0 Å². The number of rotatable bonds is 5. The first-order chi connectivity index (χ1) is 13.2. The quantitative estimate of drug-likeness (QED) is 0.792. The van der Waals surface area contributed by atoms with Crippen LogP contribution in [0.25, 0.3) is 6.08 Å². The first-order valence-corrected chi connectivity index (χ1v) is 9.49. The van der Waals surface area contributed by atoms with E-state index in [1.165, 1.54) is 11.1 Å². The molecule has 1 saturated heterocycles. The van der Waals surface area contributed by atoms with Crippen molar-refractivity contribution in [2.75, 3.05) is 34.4 Å². The van der Waals surface area contributed by atoms with Gasteiger partial charge in [-0.25, -0.2) is 0 Å². The molecule has 0 N–H and O–H groups in total. The van der Waals surface area contributed by atoms with Gasteiger partial charge in [0.1, 0.15) is 5.75 Å². The van der Waals surface area contributed by atoms with Crippen molar-refractivity contribution in [2.24, 2.45) is 0 Å². The van der Waals surface area contributed by atoms with Gasteiger partial charge in [0, 0.05) is 23.6 Å². The van der Waals surface area contributed by atoms with E-state index in [9.17, 15) is 0 Å². The Morgan fingerprint density at radius 2 is 1.56 bits per heavy atom. The predicted octanol–water partition coefficient (Wildman–Crippen LogP) is 4.27. The van der Waals surface area contributed by atoms with E-state index in [4.69, 9.17) is 14.2 Å². The van der Waals surface area contributed by atoms with Crippen molar-refractivity contribution in [3.8, 4) is 17.2 Å². The molecule has 0 unspecified atom stereocenters. The van der Waals surface area contributed by atoms with Gasteiger partial charge in [-0.3, -0.25) is 4.90 Å². The number of likely N-dealkylation sites (tertiary alicyclic amines) is 1. The second-order valence-electron chi connectivity index (χ2n) is 7.37. The molecule has 2 aromatic rings. The fraction of sp³-hybridized carbons (Fsp3) is 0.391. The third-order valence-corrected chi connectivity index (χ3v) is 6.01. The molecule has 4 rings (SSSR count). The highest BCUT2D eigenvalue weighted by Crippen LogP contribution is 2.44. The van der Waals surface area contributed by atoms with Crippen molar-refractivity contribution in [3.05, 3.63) is 59.2 Å². The monoisotopic (exact) mass is 365 g/mol. The van der Waals surface area contributed by atoms with E-state index in [1.807, 2.05) is 12.1 Å². The molecule has 142 valence electrons. The third kappa shape index (κ3) is 3.19. The fourth-order valence-corrected chi connectivity index (χ4v) is 4.44. The number of hydrogen-bond acceptors (Lipinski definition) is 4. The Kier molecular flexibility index (Phi) is 4.83. The van der Waals surface area contributed by atoms with Crippen LogP contribution in [0.5, 0.6) is 17.2 Å². The zero-order chi connectivity index (χ0) is 18.9. The molecule has 1 heterocycles. The minimum absolute atomic E-state index is 0.217. The molecule has 2 aliphatic rings. The van der Waals surface area contributed by atoms with E-state index in [-0.39, 0.29) is 5.41 Å². The molecular weight excluding hydrogens is 338 g/mol. The van der Waals surface area contributed by atoms with Gasteiger partial charge < -0.3 is 14.2 Å². The molecular formula is C23H27NO3. The first-order valence-electron chi connectivity index (χ1n) is 9.49. The van der Waals surface area contributed by atoms with Crippen LogP contribution in [0.15, 0.2) is 42.5 Å². The maximum atomic E-state index is 5.60. The van der Waals surface area contributed by atoms with Gasteiger partial charge in [-0.15, -0.1) is 0 Å². The number of hydrogen-bond donors (Lipinski definition) is 0. The van der Waals surface area contributed by atoms with Crippen LogP contribution in [0.3, 0.4) is 0 Å². The molecule has 2 aromatic carbocycles. The van der Waals surface area contributed by atoms with Crippen molar-refractivity contribution in [3.63, 3.8) is 0 Å². The van der Waals surface area contributed by atoms with Gasteiger partial charge in [-0.1, -0.05) is 36.4 Å². The van der Waals surface area contributed by atoms with E-state index < -0.39 is 0 Å². The average molecular weight is 365 g/mol. The SMILES string of the molecule is COc1cc(OC)c(OC)cc1CN1CCC2(C=Cc3ccccc32)CC1. The van der Waals surface area contributed by atoms with Crippen LogP contribution in [0, 0.1) is 0 Å². The van der Waals surface area contributed by atoms with Crippen LogP contribution in [0.4, 0.5) is 0 Å². The molecule has 1 aliphatic heterocycles. The van der Waals surface area contributed by atoms with Crippen LogP contribution in [0.2, 0.25) is 0 Å². The largest absolute Gasteiger partial charge is 0.496 e. The smallest absolute Gasteiger partial charge is 0.164 e. The molecule has 0 atom stereocenters. The van der Waals surface area contributed by atoms with Crippen molar-refractivity contribution in [1.82, 2.24) is 4.90 Å². The second kappa shape index (κ2) is 7.28. The first kappa shape index (κ1) is 17.9. The highest BCUT2D eigenvalue weighted by atomic mass is 16.5. The maximum absolute atomic E-state index is 5.60. The topological polar surface area (TPSA) is 30.9 Å². The lowest BCUT2D eigenvalue weighted by Gasteiger charge is -2.39. The molecule has 0 amide bonds. The molecule has 1 spiro atoms. The lowest BCUT2D eigenvalue weighted by Crippen LogP contribution is -2.40. The Labute approximate surface area is 161 Å². The number of piperidine rings is 1. The number of ether oxygens (including phenoxy) is 3. The fourth-order valence-electron chi connectivity index (χ4n) is 4.44. The molecule has 1 fully saturated rings. The number of allylic oxidation sites excluding steroid dienone is 1. The number of nitrogens with zero attached hydrogens (tertiary/aromatic N) is 1. The Bertz CT molecular complexity index is 851. The van der Waals surface area contributed by atoms with Crippen molar-refractivity contribution in [1.29, 1.82) is 0 Å². The molecule has 0 radical (unpaired) electrons.